The van der Waals surface area contributed by atoms with E-state index in [-0.39, 0.29) is 12.5 Å². The minimum atomic E-state index is -0.976. The van der Waals surface area contributed by atoms with Crippen LogP contribution in [0.25, 0.3) is 0 Å². The maximum absolute atomic E-state index is 11.1. The number of aliphatic carboxylic acids is 1. The standard InChI is InChI=1S/C9H16N2O3/c1-3-10-8(12)7-11(2)6-4-5-9(13)14/h4-5H,3,6-7H2,1-2H3,(H,10,12)(H,13,14). The van der Waals surface area contributed by atoms with E-state index >= 15 is 0 Å². The molecule has 0 heterocycles. The summed E-state index contributed by atoms with van der Waals surface area (Å²) in [7, 11) is 1.75. The molecule has 0 aliphatic carbocycles. The van der Waals surface area contributed by atoms with Gasteiger partial charge in [0.2, 0.25) is 5.91 Å². The average Bonchev–Trinajstić information content (AvgIpc) is 2.03. The summed E-state index contributed by atoms with van der Waals surface area (Å²) in [5.41, 5.74) is 0. The number of hydrogen-bond donors (Lipinski definition) is 2. The van der Waals surface area contributed by atoms with Gasteiger partial charge < -0.3 is 10.4 Å². The Kier molecular flexibility index (Phi) is 6.39. The number of rotatable bonds is 6. The van der Waals surface area contributed by atoms with Crippen molar-refractivity contribution in [3.63, 3.8) is 0 Å². The molecule has 0 spiro atoms. The number of hydrogen-bond acceptors (Lipinski definition) is 3. The van der Waals surface area contributed by atoms with Crippen molar-refractivity contribution in [3.05, 3.63) is 12.2 Å². The smallest absolute Gasteiger partial charge is 0.328 e. The van der Waals surface area contributed by atoms with Crippen molar-refractivity contribution in [2.24, 2.45) is 0 Å². The van der Waals surface area contributed by atoms with Crippen molar-refractivity contribution in [2.75, 3.05) is 26.7 Å². The topological polar surface area (TPSA) is 69.6 Å². The van der Waals surface area contributed by atoms with Gasteiger partial charge in [-0.3, -0.25) is 9.69 Å². The van der Waals surface area contributed by atoms with E-state index in [0.29, 0.717) is 13.1 Å². The third-order valence-corrected chi connectivity index (χ3v) is 1.46. The molecular weight excluding hydrogens is 184 g/mol. The summed E-state index contributed by atoms with van der Waals surface area (Å²) in [6.45, 7) is 3.18. The number of carboxylic acid groups (broad SMARTS) is 1. The normalized spacial score (nSPS) is 10.8. The fourth-order valence-electron chi connectivity index (χ4n) is 0.896. The first-order chi connectivity index (χ1) is 6.56. The molecule has 0 rings (SSSR count). The minimum absolute atomic E-state index is 0.0567. The Labute approximate surface area is 83.4 Å². The van der Waals surface area contributed by atoms with Crippen LogP contribution in [0.3, 0.4) is 0 Å². The molecule has 1 amide bonds. The molecule has 0 radical (unpaired) electrons. The van der Waals surface area contributed by atoms with Crippen LogP contribution in [0.5, 0.6) is 0 Å². The quantitative estimate of drug-likeness (QED) is 0.577. The lowest BCUT2D eigenvalue weighted by Crippen LogP contribution is -2.35. The zero-order valence-corrected chi connectivity index (χ0v) is 8.49. The highest BCUT2D eigenvalue weighted by Gasteiger charge is 2.02. The van der Waals surface area contributed by atoms with Crippen LogP contribution in [0.4, 0.5) is 0 Å². The minimum Gasteiger partial charge on any atom is -0.478 e. The van der Waals surface area contributed by atoms with Gasteiger partial charge >= 0.3 is 5.97 Å². The predicted octanol–water partition coefficient (Wildman–Crippen LogP) is -0.305. The molecule has 0 aromatic heterocycles. The number of amides is 1. The van der Waals surface area contributed by atoms with Crippen LogP contribution in [0.1, 0.15) is 6.92 Å². The van der Waals surface area contributed by atoms with Crippen LogP contribution < -0.4 is 5.32 Å². The predicted molar refractivity (Wildman–Crippen MR) is 53.0 cm³/mol. The van der Waals surface area contributed by atoms with Crippen molar-refractivity contribution >= 4 is 11.9 Å². The number of likely N-dealkylation sites (N-methyl/N-ethyl adjacent to an activating group) is 2. The van der Waals surface area contributed by atoms with Gasteiger partial charge in [0.25, 0.3) is 0 Å². The number of nitrogens with one attached hydrogen (secondary N) is 1. The first-order valence-electron chi connectivity index (χ1n) is 4.41. The van der Waals surface area contributed by atoms with Gasteiger partial charge in [0.1, 0.15) is 0 Å². The third kappa shape index (κ3) is 7.30. The van der Waals surface area contributed by atoms with Gasteiger partial charge in [-0.05, 0) is 14.0 Å². The van der Waals surface area contributed by atoms with Crippen LogP contribution in [0, 0.1) is 0 Å². The molecule has 0 unspecified atom stereocenters. The Morgan fingerprint density at radius 3 is 2.64 bits per heavy atom. The van der Waals surface area contributed by atoms with Crippen LogP contribution in [0.15, 0.2) is 12.2 Å². The van der Waals surface area contributed by atoms with Gasteiger partial charge in [-0.2, -0.15) is 0 Å². The first-order valence-corrected chi connectivity index (χ1v) is 4.41. The van der Waals surface area contributed by atoms with Gasteiger partial charge in [-0.15, -0.1) is 0 Å². The lowest BCUT2D eigenvalue weighted by atomic mass is 10.4. The molecular formula is C9H16N2O3. The summed E-state index contributed by atoms with van der Waals surface area (Å²) in [5.74, 6) is -1.03. The van der Waals surface area contributed by atoms with E-state index in [1.54, 1.807) is 11.9 Å². The maximum Gasteiger partial charge on any atom is 0.328 e. The second kappa shape index (κ2) is 7.08. The van der Waals surface area contributed by atoms with Crippen LogP contribution in [0.2, 0.25) is 0 Å². The molecule has 14 heavy (non-hydrogen) atoms. The fourth-order valence-corrected chi connectivity index (χ4v) is 0.896. The lowest BCUT2D eigenvalue weighted by molar-refractivity contribution is -0.131. The molecule has 0 aliphatic heterocycles. The average molecular weight is 200 g/mol. The van der Waals surface area contributed by atoms with Crippen LogP contribution >= 0.6 is 0 Å². The van der Waals surface area contributed by atoms with Gasteiger partial charge in [-0.25, -0.2) is 4.79 Å². The third-order valence-electron chi connectivity index (χ3n) is 1.46. The fraction of sp³-hybridized carbons (Fsp3) is 0.556. The van der Waals surface area contributed by atoms with Gasteiger partial charge in [0, 0.05) is 19.2 Å². The summed E-state index contributed by atoms with van der Waals surface area (Å²) in [6, 6.07) is 0. The summed E-state index contributed by atoms with van der Waals surface area (Å²) >= 11 is 0. The molecule has 80 valence electrons. The van der Waals surface area contributed by atoms with E-state index in [1.807, 2.05) is 6.92 Å². The highest BCUT2D eigenvalue weighted by Crippen LogP contribution is 1.83. The molecule has 5 nitrogen and oxygen atoms in total. The number of carbonyl (C=O) groups is 2. The zero-order valence-electron chi connectivity index (χ0n) is 8.49. The Bertz CT molecular complexity index is 226. The second-order valence-electron chi connectivity index (χ2n) is 2.89. The van der Waals surface area contributed by atoms with E-state index in [4.69, 9.17) is 5.11 Å². The van der Waals surface area contributed by atoms with Crippen LogP contribution in [-0.4, -0.2) is 48.6 Å². The molecule has 0 saturated heterocycles. The summed E-state index contributed by atoms with van der Waals surface area (Å²) in [4.78, 5) is 22.9. The van der Waals surface area contributed by atoms with Crippen molar-refractivity contribution in [1.82, 2.24) is 10.2 Å². The molecule has 0 bridgehead atoms. The van der Waals surface area contributed by atoms with Gasteiger partial charge in [0.05, 0.1) is 6.54 Å². The van der Waals surface area contributed by atoms with Crippen molar-refractivity contribution < 1.29 is 14.7 Å². The van der Waals surface area contributed by atoms with Crippen molar-refractivity contribution in [3.8, 4) is 0 Å². The molecule has 0 aromatic carbocycles. The molecule has 0 saturated carbocycles. The lowest BCUT2D eigenvalue weighted by Gasteiger charge is -2.12. The Morgan fingerprint density at radius 2 is 2.14 bits per heavy atom. The van der Waals surface area contributed by atoms with E-state index in [2.05, 4.69) is 5.32 Å². The maximum atomic E-state index is 11.1. The second-order valence-corrected chi connectivity index (χ2v) is 2.89. The summed E-state index contributed by atoms with van der Waals surface area (Å²) in [6.07, 6.45) is 2.57. The number of carboxylic acids is 1. The first kappa shape index (κ1) is 12.6. The highest BCUT2D eigenvalue weighted by atomic mass is 16.4. The number of carbonyl (C=O) groups excluding carboxylic acids is 1. The monoisotopic (exact) mass is 200 g/mol. The van der Waals surface area contributed by atoms with Crippen molar-refractivity contribution in [1.29, 1.82) is 0 Å². The highest BCUT2D eigenvalue weighted by molar-refractivity contribution is 5.80. The summed E-state index contributed by atoms with van der Waals surface area (Å²) in [5, 5.41) is 11.0. The Morgan fingerprint density at radius 1 is 1.50 bits per heavy atom. The summed E-state index contributed by atoms with van der Waals surface area (Å²) < 4.78 is 0. The molecule has 0 aliphatic rings. The molecule has 0 fully saturated rings. The molecule has 5 heteroatoms. The van der Waals surface area contributed by atoms with Crippen LogP contribution in [-0.2, 0) is 9.59 Å². The SMILES string of the molecule is CCNC(=O)CN(C)CC=CC(=O)O. The Balaban J connectivity index is 3.69. The van der Waals surface area contributed by atoms with Crippen molar-refractivity contribution in [2.45, 2.75) is 6.92 Å². The largest absolute Gasteiger partial charge is 0.478 e. The van der Waals surface area contributed by atoms with E-state index in [1.165, 1.54) is 6.08 Å². The van der Waals surface area contributed by atoms with E-state index in [0.717, 1.165) is 6.08 Å². The molecule has 0 aromatic rings. The van der Waals surface area contributed by atoms with E-state index in [9.17, 15) is 9.59 Å². The van der Waals surface area contributed by atoms with E-state index < -0.39 is 5.97 Å². The van der Waals surface area contributed by atoms with Gasteiger partial charge in [0.15, 0.2) is 0 Å². The Hall–Kier alpha value is -1.36. The van der Waals surface area contributed by atoms with Gasteiger partial charge in [-0.1, -0.05) is 6.08 Å². The zero-order chi connectivity index (χ0) is 11.0. The molecule has 2 N–H and O–H groups in total. The molecule has 0 atom stereocenters. The number of nitrogens with zero attached hydrogens (tertiary/aromatic N) is 1.